The van der Waals surface area contributed by atoms with E-state index < -0.39 is 0 Å². The van der Waals surface area contributed by atoms with Gasteiger partial charge in [0.2, 0.25) is 5.95 Å². The number of fused-ring (bicyclic) bond motifs is 1. The third-order valence-electron chi connectivity index (χ3n) is 2.87. The summed E-state index contributed by atoms with van der Waals surface area (Å²) < 4.78 is 0. The number of hydrogen-bond acceptors (Lipinski definition) is 6. The van der Waals surface area contributed by atoms with Gasteiger partial charge < -0.3 is 15.5 Å². The van der Waals surface area contributed by atoms with Crippen LogP contribution in [0.5, 0.6) is 0 Å². The minimum absolute atomic E-state index is 0.331. The Hall–Kier alpha value is -1.40. The number of nitrogens with zero attached hydrogens (tertiary/aromatic N) is 3. The molecule has 2 N–H and O–H groups in total. The third-order valence-corrected chi connectivity index (χ3v) is 3.82. The molecule has 0 bridgehead atoms. The number of aryl methyl sites for hydroxylation is 1. The Balaban J connectivity index is 2.33. The Bertz CT molecular complexity index is 578. The first-order valence-electron chi connectivity index (χ1n) is 6.93. The highest BCUT2D eigenvalue weighted by molar-refractivity contribution is 7.18. The van der Waals surface area contributed by atoms with Gasteiger partial charge in [0.15, 0.2) is 0 Å². The molecule has 0 saturated heterocycles. The monoisotopic (exact) mass is 293 g/mol. The van der Waals surface area contributed by atoms with Gasteiger partial charge in [0.05, 0.1) is 5.39 Å². The summed E-state index contributed by atoms with van der Waals surface area (Å²) in [6.07, 6.45) is 0. The summed E-state index contributed by atoms with van der Waals surface area (Å²) in [5, 5.41) is 7.81. The third kappa shape index (κ3) is 3.58. The number of hydrogen-bond donors (Lipinski definition) is 2. The molecule has 0 aromatic carbocycles. The molecule has 2 rings (SSSR count). The normalized spacial score (nSPS) is 12.9. The molecule has 110 valence electrons. The van der Waals surface area contributed by atoms with Crippen LogP contribution in [0.15, 0.2) is 6.07 Å². The molecule has 5 nitrogen and oxygen atoms in total. The lowest BCUT2D eigenvalue weighted by Gasteiger charge is -2.19. The van der Waals surface area contributed by atoms with Gasteiger partial charge in [-0.3, -0.25) is 0 Å². The van der Waals surface area contributed by atoms with E-state index in [1.165, 1.54) is 4.88 Å². The Labute approximate surface area is 124 Å². The highest BCUT2D eigenvalue weighted by Gasteiger charge is 2.12. The molecule has 0 aliphatic rings. The maximum Gasteiger partial charge on any atom is 0.226 e. The van der Waals surface area contributed by atoms with E-state index in [0.717, 1.165) is 29.1 Å². The molecule has 0 aliphatic heterocycles. The largest absolute Gasteiger partial charge is 0.366 e. The van der Waals surface area contributed by atoms with Crippen molar-refractivity contribution in [3.8, 4) is 0 Å². The van der Waals surface area contributed by atoms with Gasteiger partial charge in [-0.2, -0.15) is 4.98 Å². The summed E-state index contributed by atoms with van der Waals surface area (Å²) >= 11 is 1.71. The molecule has 0 saturated carbocycles. The maximum atomic E-state index is 4.61. The lowest BCUT2D eigenvalue weighted by Crippen LogP contribution is -2.30. The maximum absolute atomic E-state index is 4.61. The fourth-order valence-electron chi connectivity index (χ4n) is 2.22. The van der Waals surface area contributed by atoms with E-state index in [-0.39, 0.29) is 0 Å². The Morgan fingerprint density at radius 1 is 1.35 bits per heavy atom. The highest BCUT2D eigenvalue weighted by atomic mass is 32.1. The molecule has 2 aromatic heterocycles. The lowest BCUT2D eigenvalue weighted by molar-refractivity contribution is 0.392. The zero-order valence-electron chi connectivity index (χ0n) is 12.8. The highest BCUT2D eigenvalue weighted by Crippen LogP contribution is 2.29. The van der Waals surface area contributed by atoms with Crippen LogP contribution in [-0.4, -0.2) is 48.1 Å². The van der Waals surface area contributed by atoms with Gasteiger partial charge in [-0.1, -0.05) is 0 Å². The van der Waals surface area contributed by atoms with Crippen LogP contribution in [0.1, 0.15) is 18.7 Å². The molecule has 0 aliphatic carbocycles. The smallest absolute Gasteiger partial charge is 0.226 e. The van der Waals surface area contributed by atoms with Crippen molar-refractivity contribution in [1.82, 2.24) is 14.9 Å². The van der Waals surface area contributed by atoms with Crippen molar-refractivity contribution in [3.63, 3.8) is 0 Å². The quantitative estimate of drug-likeness (QED) is 0.858. The van der Waals surface area contributed by atoms with Crippen LogP contribution >= 0.6 is 11.3 Å². The fraction of sp³-hybridized carbons (Fsp3) is 0.571. The van der Waals surface area contributed by atoms with Crippen LogP contribution in [0.4, 0.5) is 11.8 Å². The van der Waals surface area contributed by atoms with E-state index in [1.54, 1.807) is 11.3 Å². The minimum Gasteiger partial charge on any atom is -0.366 e. The van der Waals surface area contributed by atoms with Crippen molar-refractivity contribution >= 4 is 33.3 Å². The Morgan fingerprint density at radius 2 is 2.10 bits per heavy atom. The number of likely N-dealkylation sites (N-methyl/N-ethyl adjacent to an activating group) is 1. The number of rotatable bonds is 6. The van der Waals surface area contributed by atoms with Crippen LogP contribution in [0.3, 0.4) is 0 Å². The second kappa shape index (κ2) is 6.37. The molecule has 6 heteroatoms. The predicted molar refractivity (Wildman–Crippen MR) is 88.0 cm³/mol. The van der Waals surface area contributed by atoms with E-state index in [9.17, 15) is 0 Å². The molecule has 1 unspecified atom stereocenters. The van der Waals surface area contributed by atoms with Crippen LogP contribution in [0.2, 0.25) is 0 Å². The summed E-state index contributed by atoms with van der Waals surface area (Å²) in [6, 6.07) is 2.48. The lowest BCUT2D eigenvalue weighted by atomic mass is 10.3. The Kier molecular flexibility index (Phi) is 4.77. The zero-order chi connectivity index (χ0) is 14.7. The first-order valence-corrected chi connectivity index (χ1v) is 7.74. The molecule has 1 atom stereocenters. The zero-order valence-corrected chi connectivity index (χ0v) is 13.6. The summed E-state index contributed by atoms with van der Waals surface area (Å²) in [5.41, 5.74) is 0. The first-order chi connectivity index (χ1) is 9.49. The number of anilines is 2. The van der Waals surface area contributed by atoms with Gasteiger partial charge >= 0.3 is 0 Å². The van der Waals surface area contributed by atoms with Gasteiger partial charge in [-0.25, -0.2) is 4.98 Å². The van der Waals surface area contributed by atoms with Gasteiger partial charge in [0.1, 0.15) is 10.6 Å². The number of thiophene rings is 1. The van der Waals surface area contributed by atoms with Crippen LogP contribution in [-0.2, 0) is 0 Å². The second-order valence-corrected chi connectivity index (χ2v) is 6.54. The standard InChI is InChI=1S/C14H23N5S/c1-6-15-14-17-12(16-9(2)8-19(4)5)11-7-10(3)20-13(11)18-14/h7,9H,6,8H2,1-5H3,(H2,15,16,17,18). The predicted octanol–water partition coefficient (Wildman–Crippen LogP) is 2.79. The van der Waals surface area contributed by atoms with Crippen molar-refractivity contribution < 1.29 is 0 Å². The van der Waals surface area contributed by atoms with Crippen molar-refractivity contribution in [1.29, 1.82) is 0 Å². The van der Waals surface area contributed by atoms with E-state index in [2.05, 4.69) is 66.4 Å². The molecular weight excluding hydrogens is 270 g/mol. The molecule has 2 aromatic rings. The van der Waals surface area contributed by atoms with Crippen molar-refractivity contribution in [2.75, 3.05) is 37.8 Å². The van der Waals surface area contributed by atoms with Crippen molar-refractivity contribution in [3.05, 3.63) is 10.9 Å². The number of nitrogens with one attached hydrogen (secondary N) is 2. The molecular formula is C14H23N5S. The first kappa shape index (κ1) is 15.0. The summed E-state index contributed by atoms with van der Waals surface area (Å²) in [7, 11) is 4.15. The average Bonchev–Trinajstić information content (AvgIpc) is 2.69. The SMILES string of the molecule is CCNc1nc(NC(C)CN(C)C)c2cc(C)sc2n1. The van der Waals surface area contributed by atoms with Crippen molar-refractivity contribution in [2.45, 2.75) is 26.8 Å². The summed E-state index contributed by atoms with van der Waals surface area (Å²) in [6.45, 7) is 8.11. The topological polar surface area (TPSA) is 53.1 Å². The van der Waals surface area contributed by atoms with Gasteiger partial charge in [0.25, 0.3) is 0 Å². The van der Waals surface area contributed by atoms with E-state index in [0.29, 0.717) is 12.0 Å². The molecule has 0 fully saturated rings. The number of aromatic nitrogens is 2. The second-order valence-electron chi connectivity index (χ2n) is 5.31. The molecule has 0 amide bonds. The van der Waals surface area contributed by atoms with Crippen LogP contribution in [0.25, 0.3) is 10.2 Å². The summed E-state index contributed by atoms with van der Waals surface area (Å²) in [4.78, 5) is 13.6. The minimum atomic E-state index is 0.331. The van der Waals surface area contributed by atoms with Crippen LogP contribution < -0.4 is 10.6 Å². The molecule has 20 heavy (non-hydrogen) atoms. The van der Waals surface area contributed by atoms with Gasteiger partial charge in [-0.15, -0.1) is 11.3 Å². The van der Waals surface area contributed by atoms with Crippen molar-refractivity contribution in [2.24, 2.45) is 0 Å². The average molecular weight is 293 g/mol. The molecule has 2 heterocycles. The Morgan fingerprint density at radius 3 is 2.75 bits per heavy atom. The van der Waals surface area contributed by atoms with E-state index in [4.69, 9.17) is 0 Å². The fourth-order valence-corrected chi connectivity index (χ4v) is 3.10. The van der Waals surface area contributed by atoms with E-state index in [1.807, 2.05) is 0 Å². The van der Waals surface area contributed by atoms with Gasteiger partial charge in [0, 0.05) is 24.0 Å². The van der Waals surface area contributed by atoms with Gasteiger partial charge in [-0.05, 0) is 40.9 Å². The van der Waals surface area contributed by atoms with E-state index >= 15 is 0 Å². The molecule has 0 spiro atoms. The van der Waals surface area contributed by atoms with Crippen LogP contribution in [0, 0.1) is 6.92 Å². The molecule has 0 radical (unpaired) electrons. The summed E-state index contributed by atoms with van der Waals surface area (Å²) in [5.74, 6) is 1.62.